The number of rotatable bonds is 8. The Morgan fingerprint density at radius 2 is 1.97 bits per heavy atom. The zero-order valence-corrected chi connectivity index (χ0v) is 19.7. The highest BCUT2D eigenvalue weighted by Gasteiger charge is 2.10. The van der Waals surface area contributed by atoms with Crippen LogP contribution in [0.4, 0.5) is 0 Å². The number of morpholine rings is 1. The lowest BCUT2D eigenvalue weighted by atomic mass is 10.2. The van der Waals surface area contributed by atoms with Gasteiger partial charge in [-0.1, -0.05) is 16.8 Å². The van der Waals surface area contributed by atoms with Crippen molar-refractivity contribution in [3.63, 3.8) is 0 Å². The van der Waals surface area contributed by atoms with Crippen molar-refractivity contribution in [2.75, 3.05) is 52.5 Å². The van der Waals surface area contributed by atoms with Gasteiger partial charge in [0.2, 0.25) is 11.7 Å². The average molecular weight is 535 g/mol. The van der Waals surface area contributed by atoms with Gasteiger partial charge in [-0.3, -0.25) is 9.89 Å². The maximum atomic E-state index is 5.91. The smallest absolute Gasteiger partial charge is 0.228 e. The van der Waals surface area contributed by atoms with Crippen molar-refractivity contribution in [3.8, 4) is 11.4 Å². The zero-order chi connectivity index (χ0) is 19.6. The average Bonchev–Trinajstić information content (AvgIpc) is 3.18. The fourth-order valence-corrected chi connectivity index (χ4v) is 2.96. The van der Waals surface area contributed by atoms with Crippen LogP contribution in [0.25, 0.3) is 11.4 Å². The second-order valence-corrected chi connectivity index (χ2v) is 6.85. The number of hydrogen-bond acceptors (Lipinski definition) is 6. The van der Waals surface area contributed by atoms with E-state index in [-0.39, 0.29) is 24.0 Å². The molecule has 0 amide bonds. The van der Waals surface area contributed by atoms with E-state index in [9.17, 15) is 0 Å². The summed E-state index contributed by atoms with van der Waals surface area (Å²) in [5, 5.41) is 11.3. The first-order valence-electron chi connectivity index (χ1n) is 9.65. The molecule has 1 aromatic carbocycles. The third kappa shape index (κ3) is 8.07. The van der Waals surface area contributed by atoms with Gasteiger partial charge in [-0.15, -0.1) is 24.0 Å². The molecule has 0 aliphatic carbocycles. The van der Waals surface area contributed by atoms with Crippen LogP contribution in [0.15, 0.2) is 33.8 Å². The highest BCUT2D eigenvalue weighted by Crippen LogP contribution is 2.18. The molecule has 2 aromatic rings. The van der Waals surface area contributed by atoms with Crippen LogP contribution in [-0.2, 0) is 11.2 Å². The molecule has 0 spiro atoms. The van der Waals surface area contributed by atoms with E-state index in [1.807, 2.05) is 24.3 Å². The Kier molecular flexibility index (Phi) is 10.7. The minimum Gasteiger partial charge on any atom is -0.379 e. The van der Waals surface area contributed by atoms with Gasteiger partial charge >= 0.3 is 0 Å². The molecule has 8 nitrogen and oxygen atoms in total. The predicted octanol–water partition coefficient (Wildman–Crippen LogP) is 2.44. The number of aromatic nitrogens is 2. The summed E-state index contributed by atoms with van der Waals surface area (Å²) >= 11 is 5.91. The van der Waals surface area contributed by atoms with Crippen molar-refractivity contribution in [2.24, 2.45) is 4.99 Å². The Labute approximate surface area is 193 Å². The third-order valence-corrected chi connectivity index (χ3v) is 4.59. The molecule has 0 atom stereocenters. The first kappa shape index (κ1) is 23.8. The summed E-state index contributed by atoms with van der Waals surface area (Å²) in [5.74, 6) is 1.95. The fourth-order valence-electron chi connectivity index (χ4n) is 2.83. The van der Waals surface area contributed by atoms with Crippen LogP contribution >= 0.6 is 35.6 Å². The van der Waals surface area contributed by atoms with Crippen molar-refractivity contribution in [1.29, 1.82) is 0 Å². The summed E-state index contributed by atoms with van der Waals surface area (Å²) in [6, 6.07) is 7.37. The molecule has 1 saturated heterocycles. The lowest BCUT2D eigenvalue weighted by Gasteiger charge is -2.25. The van der Waals surface area contributed by atoms with Crippen molar-refractivity contribution in [1.82, 2.24) is 25.7 Å². The number of hydrogen-bond donors (Lipinski definition) is 2. The Morgan fingerprint density at radius 3 is 2.69 bits per heavy atom. The number of ether oxygens (including phenoxy) is 1. The highest BCUT2D eigenvalue weighted by molar-refractivity contribution is 14.0. The zero-order valence-electron chi connectivity index (χ0n) is 16.6. The summed E-state index contributed by atoms with van der Waals surface area (Å²) in [6.07, 6.45) is 0.620. The molecule has 0 bridgehead atoms. The van der Waals surface area contributed by atoms with E-state index in [1.54, 1.807) is 0 Å². The van der Waals surface area contributed by atoms with Crippen LogP contribution in [-0.4, -0.2) is 73.5 Å². The lowest BCUT2D eigenvalue weighted by molar-refractivity contribution is 0.0394. The first-order chi connectivity index (χ1) is 13.7. The molecule has 0 unspecified atom stereocenters. The van der Waals surface area contributed by atoms with E-state index >= 15 is 0 Å². The largest absolute Gasteiger partial charge is 0.379 e. The van der Waals surface area contributed by atoms with Gasteiger partial charge in [-0.05, 0) is 31.2 Å². The number of benzene rings is 1. The molecule has 3 rings (SSSR count). The van der Waals surface area contributed by atoms with Gasteiger partial charge in [0.05, 0.1) is 19.8 Å². The lowest BCUT2D eigenvalue weighted by Crippen LogP contribution is -2.40. The number of aliphatic imine (C=N–C) groups is 1. The fraction of sp³-hybridized carbons (Fsp3) is 0.526. The number of nitrogens with zero attached hydrogens (tertiary/aromatic N) is 4. The minimum absolute atomic E-state index is 0. The molecule has 1 aromatic heterocycles. The standard InChI is InChI=1S/C19H27ClN6O2.HI/c1-2-21-19(23-9-10-26-11-13-27-14-12-26)22-8-7-17-24-18(25-28-17)15-3-5-16(20)6-4-15;/h3-6H,2,7-14H2,1H3,(H2,21,22,23);1H. The van der Waals surface area contributed by atoms with E-state index in [0.717, 1.165) is 57.5 Å². The Hall–Kier alpha value is -1.43. The van der Waals surface area contributed by atoms with Gasteiger partial charge in [0.25, 0.3) is 0 Å². The van der Waals surface area contributed by atoms with E-state index in [2.05, 4.69) is 37.6 Å². The number of halogens is 2. The van der Waals surface area contributed by atoms with Crippen LogP contribution in [0.5, 0.6) is 0 Å². The summed E-state index contributed by atoms with van der Waals surface area (Å²) in [7, 11) is 0. The topological polar surface area (TPSA) is 87.8 Å². The maximum absolute atomic E-state index is 5.91. The molecule has 2 N–H and O–H groups in total. The van der Waals surface area contributed by atoms with Gasteiger partial charge in [0, 0.05) is 49.7 Å². The second kappa shape index (κ2) is 13.0. The number of nitrogens with one attached hydrogen (secondary N) is 2. The molecular weight excluding hydrogens is 507 g/mol. The molecule has 29 heavy (non-hydrogen) atoms. The Morgan fingerprint density at radius 1 is 1.21 bits per heavy atom. The quantitative estimate of drug-likeness (QED) is 0.306. The minimum atomic E-state index is 0. The van der Waals surface area contributed by atoms with E-state index in [0.29, 0.717) is 29.7 Å². The van der Waals surface area contributed by atoms with Crippen LogP contribution < -0.4 is 10.6 Å². The molecule has 160 valence electrons. The van der Waals surface area contributed by atoms with E-state index in [4.69, 9.17) is 20.9 Å². The van der Waals surface area contributed by atoms with Crippen molar-refractivity contribution in [2.45, 2.75) is 13.3 Å². The Balaban J connectivity index is 0.00000300. The van der Waals surface area contributed by atoms with Crippen LogP contribution in [0.1, 0.15) is 12.8 Å². The third-order valence-electron chi connectivity index (χ3n) is 4.34. The van der Waals surface area contributed by atoms with Crippen molar-refractivity contribution in [3.05, 3.63) is 35.2 Å². The molecule has 1 fully saturated rings. The molecule has 0 saturated carbocycles. The molecule has 1 aliphatic rings. The Bertz CT molecular complexity index is 749. The molecular formula is C19H28ClIN6O2. The maximum Gasteiger partial charge on any atom is 0.228 e. The second-order valence-electron chi connectivity index (χ2n) is 6.41. The number of guanidine groups is 1. The van der Waals surface area contributed by atoms with Crippen LogP contribution in [0.3, 0.4) is 0 Å². The molecule has 0 radical (unpaired) electrons. The van der Waals surface area contributed by atoms with E-state index < -0.39 is 0 Å². The molecule has 10 heteroatoms. The summed E-state index contributed by atoms with van der Waals surface area (Å²) < 4.78 is 10.7. The van der Waals surface area contributed by atoms with Crippen molar-refractivity contribution < 1.29 is 9.26 Å². The van der Waals surface area contributed by atoms with Crippen LogP contribution in [0, 0.1) is 0 Å². The summed E-state index contributed by atoms with van der Waals surface area (Å²) in [4.78, 5) is 11.4. The van der Waals surface area contributed by atoms with Gasteiger partial charge in [0.15, 0.2) is 5.96 Å². The monoisotopic (exact) mass is 534 g/mol. The normalized spacial score (nSPS) is 15.0. The first-order valence-corrected chi connectivity index (χ1v) is 10.0. The molecule has 2 heterocycles. The van der Waals surface area contributed by atoms with Gasteiger partial charge in [-0.25, -0.2) is 0 Å². The summed E-state index contributed by atoms with van der Waals surface area (Å²) in [5.41, 5.74) is 0.880. The predicted molar refractivity (Wildman–Crippen MR) is 125 cm³/mol. The van der Waals surface area contributed by atoms with Gasteiger partial charge in [0.1, 0.15) is 0 Å². The highest BCUT2D eigenvalue weighted by atomic mass is 127. The summed E-state index contributed by atoms with van der Waals surface area (Å²) in [6.45, 7) is 8.78. The SMILES string of the molecule is CCNC(=NCCN1CCOCC1)NCCc1nc(-c2ccc(Cl)cc2)no1.I. The van der Waals surface area contributed by atoms with Gasteiger partial charge in [-0.2, -0.15) is 4.98 Å². The van der Waals surface area contributed by atoms with Crippen LogP contribution in [0.2, 0.25) is 5.02 Å². The van der Waals surface area contributed by atoms with E-state index in [1.165, 1.54) is 0 Å². The molecule has 1 aliphatic heterocycles. The van der Waals surface area contributed by atoms with Crippen molar-refractivity contribution >= 4 is 41.5 Å². The van der Waals surface area contributed by atoms with Gasteiger partial charge < -0.3 is 19.9 Å².